The lowest BCUT2D eigenvalue weighted by molar-refractivity contribution is -0.123. The standard InChI is InChI=1S/C13H23N3O2/c14-11(8-1-2-8)7-12(17)16-10-5-3-9(4-6-10)13(15)18/h8-11H,1-7,14H2,(H2,15,18)(H,16,17). The van der Waals surface area contributed by atoms with Gasteiger partial charge in [-0.1, -0.05) is 0 Å². The maximum Gasteiger partial charge on any atom is 0.221 e. The zero-order valence-corrected chi connectivity index (χ0v) is 10.7. The summed E-state index contributed by atoms with van der Waals surface area (Å²) < 4.78 is 0. The SMILES string of the molecule is NC(=O)C1CCC(NC(=O)CC(N)C2CC2)CC1. The molecule has 5 nitrogen and oxygen atoms in total. The fourth-order valence-electron chi connectivity index (χ4n) is 2.71. The summed E-state index contributed by atoms with van der Waals surface area (Å²) in [5.74, 6) is 0.390. The predicted molar refractivity (Wildman–Crippen MR) is 68.4 cm³/mol. The van der Waals surface area contributed by atoms with Crippen LogP contribution in [0.15, 0.2) is 0 Å². The van der Waals surface area contributed by atoms with Gasteiger partial charge in [-0.25, -0.2) is 0 Å². The Balaban J connectivity index is 1.67. The van der Waals surface area contributed by atoms with Crippen molar-refractivity contribution < 1.29 is 9.59 Å². The lowest BCUT2D eigenvalue weighted by Crippen LogP contribution is -2.42. The third-order valence-electron chi connectivity index (χ3n) is 4.14. The highest BCUT2D eigenvalue weighted by atomic mass is 16.2. The van der Waals surface area contributed by atoms with Gasteiger partial charge in [-0.05, 0) is 44.4 Å². The predicted octanol–water partition coefficient (Wildman–Crippen LogP) is 0.274. The van der Waals surface area contributed by atoms with Crippen molar-refractivity contribution in [1.82, 2.24) is 5.32 Å². The molecule has 0 bridgehead atoms. The average molecular weight is 253 g/mol. The molecule has 0 aliphatic heterocycles. The number of primary amides is 1. The van der Waals surface area contributed by atoms with Crippen LogP contribution in [0.5, 0.6) is 0 Å². The Kier molecular flexibility index (Phi) is 4.22. The number of hydrogen-bond acceptors (Lipinski definition) is 3. The number of carbonyl (C=O) groups excluding carboxylic acids is 2. The van der Waals surface area contributed by atoms with Crippen LogP contribution >= 0.6 is 0 Å². The third kappa shape index (κ3) is 3.70. The molecule has 2 aliphatic rings. The molecular formula is C13H23N3O2. The van der Waals surface area contributed by atoms with E-state index in [-0.39, 0.29) is 29.8 Å². The minimum absolute atomic E-state index is 0.00752. The highest BCUT2D eigenvalue weighted by Gasteiger charge is 2.31. The number of amides is 2. The molecule has 102 valence electrons. The van der Waals surface area contributed by atoms with Gasteiger partial charge in [0.05, 0.1) is 0 Å². The number of rotatable bonds is 5. The summed E-state index contributed by atoms with van der Waals surface area (Å²) in [6.07, 6.45) is 6.02. The number of hydrogen-bond donors (Lipinski definition) is 3. The van der Waals surface area contributed by atoms with E-state index in [0.717, 1.165) is 38.5 Å². The summed E-state index contributed by atoms with van der Waals surface area (Å²) in [6.45, 7) is 0. The molecule has 0 spiro atoms. The van der Waals surface area contributed by atoms with E-state index in [1.807, 2.05) is 0 Å². The van der Waals surface area contributed by atoms with Crippen LogP contribution in [0.4, 0.5) is 0 Å². The van der Waals surface area contributed by atoms with Crippen LogP contribution in [0.2, 0.25) is 0 Å². The molecule has 1 unspecified atom stereocenters. The van der Waals surface area contributed by atoms with Gasteiger partial charge in [-0.2, -0.15) is 0 Å². The summed E-state index contributed by atoms with van der Waals surface area (Å²) >= 11 is 0. The molecule has 1 atom stereocenters. The van der Waals surface area contributed by atoms with Crippen molar-refractivity contribution in [3.63, 3.8) is 0 Å². The molecule has 2 amide bonds. The lowest BCUT2D eigenvalue weighted by atomic mass is 9.85. The van der Waals surface area contributed by atoms with Crippen LogP contribution < -0.4 is 16.8 Å². The molecule has 5 N–H and O–H groups in total. The van der Waals surface area contributed by atoms with E-state index in [9.17, 15) is 9.59 Å². The molecule has 2 rings (SSSR count). The Morgan fingerprint density at radius 1 is 1.11 bits per heavy atom. The second kappa shape index (κ2) is 5.69. The van der Waals surface area contributed by atoms with E-state index in [4.69, 9.17) is 11.5 Å². The minimum atomic E-state index is -0.212. The van der Waals surface area contributed by atoms with Crippen LogP contribution in [0.3, 0.4) is 0 Å². The van der Waals surface area contributed by atoms with Crippen LogP contribution in [-0.2, 0) is 9.59 Å². The van der Waals surface area contributed by atoms with Gasteiger partial charge < -0.3 is 16.8 Å². The van der Waals surface area contributed by atoms with Crippen molar-refractivity contribution in [2.45, 2.75) is 57.0 Å². The van der Waals surface area contributed by atoms with Gasteiger partial charge in [-0.15, -0.1) is 0 Å². The first-order valence-corrected chi connectivity index (χ1v) is 6.90. The zero-order valence-electron chi connectivity index (χ0n) is 10.7. The van der Waals surface area contributed by atoms with Gasteiger partial charge in [0.25, 0.3) is 0 Å². The Morgan fingerprint density at radius 3 is 2.22 bits per heavy atom. The van der Waals surface area contributed by atoms with Gasteiger partial charge >= 0.3 is 0 Å². The van der Waals surface area contributed by atoms with E-state index in [1.165, 1.54) is 0 Å². The van der Waals surface area contributed by atoms with Gasteiger partial charge in [0.1, 0.15) is 0 Å². The Bertz CT molecular complexity index is 320. The average Bonchev–Trinajstić information content (AvgIpc) is 3.13. The first-order chi connectivity index (χ1) is 8.56. The van der Waals surface area contributed by atoms with Crippen LogP contribution in [0, 0.1) is 11.8 Å². The minimum Gasteiger partial charge on any atom is -0.369 e. The van der Waals surface area contributed by atoms with E-state index in [0.29, 0.717) is 12.3 Å². The van der Waals surface area contributed by atoms with Crippen molar-refractivity contribution in [2.24, 2.45) is 23.3 Å². The largest absolute Gasteiger partial charge is 0.369 e. The Labute approximate surface area is 108 Å². The number of nitrogens with one attached hydrogen (secondary N) is 1. The number of nitrogens with two attached hydrogens (primary N) is 2. The van der Waals surface area contributed by atoms with Crippen molar-refractivity contribution in [2.75, 3.05) is 0 Å². The summed E-state index contributed by atoms with van der Waals surface area (Å²) in [7, 11) is 0. The normalized spacial score (nSPS) is 29.6. The molecule has 2 saturated carbocycles. The maximum atomic E-state index is 11.8. The summed E-state index contributed by atoms with van der Waals surface area (Å²) in [4.78, 5) is 22.8. The summed E-state index contributed by atoms with van der Waals surface area (Å²) in [5.41, 5.74) is 11.2. The first kappa shape index (κ1) is 13.3. The van der Waals surface area contributed by atoms with Crippen molar-refractivity contribution in [3.05, 3.63) is 0 Å². The molecule has 18 heavy (non-hydrogen) atoms. The number of carbonyl (C=O) groups is 2. The summed E-state index contributed by atoms with van der Waals surface area (Å²) in [6, 6.07) is 0.214. The summed E-state index contributed by atoms with van der Waals surface area (Å²) in [5, 5.41) is 3.02. The van der Waals surface area contributed by atoms with E-state index < -0.39 is 0 Å². The van der Waals surface area contributed by atoms with E-state index >= 15 is 0 Å². The zero-order chi connectivity index (χ0) is 13.1. The van der Waals surface area contributed by atoms with E-state index in [2.05, 4.69) is 5.32 Å². The molecule has 0 aromatic carbocycles. The van der Waals surface area contributed by atoms with Gasteiger partial charge in [-0.3, -0.25) is 9.59 Å². The maximum absolute atomic E-state index is 11.8. The van der Waals surface area contributed by atoms with Crippen LogP contribution in [-0.4, -0.2) is 23.9 Å². The molecule has 0 radical (unpaired) electrons. The molecule has 0 heterocycles. The molecule has 0 saturated heterocycles. The molecule has 0 aromatic heterocycles. The smallest absolute Gasteiger partial charge is 0.221 e. The second-order valence-electron chi connectivity index (χ2n) is 5.72. The third-order valence-corrected chi connectivity index (χ3v) is 4.14. The molecule has 2 aliphatic carbocycles. The Hall–Kier alpha value is -1.10. The highest BCUT2D eigenvalue weighted by Crippen LogP contribution is 2.32. The first-order valence-electron chi connectivity index (χ1n) is 6.90. The van der Waals surface area contributed by atoms with Gasteiger partial charge in [0.15, 0.2) is 0 Å². The topological polar surface area (TPSA) is 98.2 Å². The quantitative estimate of drug-likeness (QED) is 0.656. The van der Waals surface area contributed by atoms with Crippen molar-refractivity contribution in [1.29, 1.82) is 0 Å². The fraction of sp³-hybridized carbons (Fsp3) is 0.846. The molecular weight excluding hydrogens is 230 g/mol. The monoisotopic (exact) mass is 253 g/mol. The van der Waals surface area contributed by atoms with Crippen LogP contribution in [0.1, 0.15) is 44.9 Å². The van der Waals surface area contributed by atoms with Crippen molar-refractivity contribution >= 4 is 11.8 Å². The molecule has 5 heteroatoms. The molecule has 0 aromatic rings. The second-order valence-corrected chi connectivity index (χ2v) is 5.72. The molecule has 2 fully saturated rings. The van der Waals surface area contributed by atoms with Gasteiger partial charge in [0, 0.05) is 24.4 Å². The fourth-order valence-corrected chi connectivity index (χ4v) is 2.71. The lowest BCUT2D eigenvalue weighted by Gasteiger charge is -2.27. The van der Waals surface area contributed by atoms with Crippen LogP contribution in [0.25, 0.3) is 0 Å². The van der Waals surface area contributed by atoms with E-state index in [1.54, 1.807) is 0 Å². The van der Waals surface area contributed by atoms with Gasteiger partial charge in [0.2, 0.25) is 11.8 Å². The van der Waals surface area contributed by atoms with Crippen molar-refractivity contribution in [3.8, 4) is 0 Å². The highest BCUT2D eigenvalue weighted by molar-refractivity contribution is 5.78. The Morgan fingerprint density at radius 2 is 1.72 bits per heavy atom.